The summed E-state index contributed by atoms with van der Waals surface area (Å²) in [6.45, 7) is -0.00943. The molecular weight excluding hydrogens is 258 g/mol. The molecule has 1 aromatic heterocycles. The van der Waals surface area contributed by atoms with Gasteiger partial charge in [0.1, 0.15) is 6.04 Å². The molecule has 0 spiro atoms. The average molecular weight is 271 g/mol. The number of rotatable bonds is 7. The zero-order valence-electron chi connectivity index (χ0n) is 9.83. The molecule has 0 saturated carbocycles. The van der Waals surface area contributed by atoms with Gasteiger partial charge in [-0.2, -0.15) is 4.98 Å². The molecule has 0 saturated heterocycles. The zero-order valence-corrected chi connectivity index (χ0v) is 9.83. The monoisotopic (exact) mass is 271 g/mol. The van der Waals surface area contributed by atoms with Crippen molar-refractivity contribution >= 4 is 17.9 Å². The van der Waals surface area contributed by atoms with Crippen LogP contribution < -0.4 is 16.4 Å². The van der Waals surface area contributed by atoms with Crippen molar-refractivity contribution in [3.8, 4) is 0 Å². The Morgan fingerprint density at radius 3 is 2.74 bits per heavy atom. The molecule has 10 nitrogen and oxygen atoms in total. The average Bonchev–Trinajstić information content (AvgIpc) is 2.84. The lowest BCUT2D eigenvalue weighted by Gasteiger charge is -2.13. The smallest absolute Gasteiger partial charge is 0.326 e. The molecule has 1 heterocycles. The number of nitrogens with one attached hydrogen (secondary N) is 2. The Labute approximate surface area is 107 Å². The summed E-state index contributed by atoms with van der Waals surface area (Å²) in [5.41, 5.74) is 4.91. The van der Waals surface area contributed by atoms with Crippen LogP contribution in [0.15, 0.2) is 10.9 Å². The van der Waals surface area contributed by atoms with Gasteiger partial charge in [-0.05, 0) is 6.42 Å². The van der Waals surface area contributed by atoms with Gasteiger partial charge in [0.25, 0.3) is 0 Å². The number of nitrogens with zero attached hydrogens (tertiary/aromatic N) is 2. The summed E-state index contributed by atoms with van der Waals surface area (Å²) in [4.78, 5) is 36.5. The summed E-state index contributed by atoms with van der Waals surface area (Å²) in [5, 5.41) is 16.8. The number of nitrogens with two attached hydrogens (primary N) is 1. The molecule has 0 radical (unpaired) electrons. The number of urea groups is 1. The molecule has 1 rings (SSSR count). The normalized spacial score (nSPS) is 11.6. The van der Waals surface area contributed by atoms with Crippen molar-refractivity contribution in [2.24, 2.45) is 5.73 Å². The predicted octanol–water partition coefficient (Wildman–Crippen LogP) is -1.41. The first-order valence-electron chi connectivity index (χ1n) is 5.29. The molecule has 0 aromatic carbocycles. The zero-order chi connectivity index (χ0) is 14.3. The summed E-state index contributed by atoms with van der Waals surface area (Å²) < 4.78 is 4.45. The highest BCUT2D eigenvalue weighted by Crippen LogP contribution is 1.97. The minimum absolute atomic E-state index is 0.00943. The van der Waals surface area contributed by atoms with Gasteiger partial charge >= 0.3 is 12.0 Å². The van der Waals surface area contributed by atoms with Crippen molar-refractivity contribution in [3.05, 3.63) is 12.2 Å². The first-order chi connectivity index (χ1) is 8.99. The third-order valence-electron chi connectivity index (χ3n) is 2.10. The van der Waals surface area contributed by atoms with Crippen LogP contribution in [0.25, 0.3) is 0 Å². The third kappa shape index (κ3) is 5.48. The van der Waals surface area contributed by atoms with E-state index in [1.165, 1.54) is 0 Å². The van der Waals surface area contributed by atoms with Gasteiger partial charge in [-0.15, -0.1) is 0 Å². The lowest BCUT2D eigenvalue weighted by Crippen LogP contribution is -2.46. The molecule has 5 N–H and O–H groups in total. The standard InChI is InChI=1S/C9H13N5O5/c10-6(15)2-1-5(8(16)17)13-9(18)11-3-7-12-4-19-14-7/h4-5H,1-3H2,(H2,10,15)(H,16,17)(H2,11,13,18)/t5-/m0/s1. The maximum absolute atomic E-state index is 11.4. The predicted molar refractivity (Wildman–Crippen MR) is 59.5 cm³/mol. The van der Waals surface area contributed by atoms with E-state index in [0.717, 1.165) is 6.39 Å². The van der Waals surface area contributed by atoms with Gasteiger partial charge in [0, 0.05) is 6.42 Å². The first-order valence-corrected chi connectivity index (χ1v) is 5.29. The molecule has 0 aliphatic rings. The molecule has 3 amide bonds. The van der Waals surface area contributed by atoms with E-state index in [4.69, 9.17) is 10.8 Å². The lowest BCUT2D eigenvalue weighted by atomic mass is 10.1. The molecular formula is C9H13N5O5. The summed E-state index contributed by atoms with van der Waals surface area (Å²) in [7, 11) is 0. The van der Waals surface area contributed by atoms with Crippen molar-refractivity contribution in [2.75, 3.05) is 0 Å². The lowest BCUT2D eigenvalue weighted by molar-refractivity contribution is -0.139. The van der Waals surface area contributed by atoms with Crippen LogP contribution in [0.5, 0.6) is 0 Å². The van der Waals surface area contributed by atoms with Gasteiger partial charge < -0.3 is 26.0 Å². The minimum atomic E-state index is -1.25. The van der Waals surface area contributed by atoms with Crippen molar-refractivity contribution in [2.45, 2.75) is 25.4 Å². The van der Waals surface area contributed by atoms with Crippen molar-refractivity contribution < 1.29 is 24.0 Å². The Bertz CT molecular complexity index is 446. The van der Waals surface area contributed by atoms with Crippen LogP contribution in [0.2, 0.25) is 0 Å². The molecule has 0 aliphatic carbocycles. The van der Waals surface area contributed by atoms with Crippen molar-refractivity contribution in [3.63, 3.8) is 0 Å². The molecule has 10 heteroatoms. The molecule has 0 aliphatic heterocycles. The van der Waals surface area contributed by atoms with E-state index in [-0.39, 0.29) is 25.2 Å². The number of primary amides is 1. The van der Waals surface area contributed by atoms with Crippen molar-refractivity contribution in [1.82, 2.24) is 20.8 Å². The Kier molecular flexibility index (Phi) is 5.26. The van der Waals surface area contributed by atoms with Gasteiger partial charge in [0.15, 0.2) is 5.82 Å². The maximum Gasteiger partial charge on any atom is 0.326 e. The number of hydrogen-bond acceptors (Lipinski definition) is 6. The molecule has 19 heavy (non-hydrogen) atoms. The Morgan fingerprint density at radius 2 is 2.21 bits per heavy atom. The molecule has 104 valence electrons. The fourth-order valence-corrected chi connectivity index (χ4v) is 1.18. The molecule has 1 aromatic rings. The molecule has 0 bridgehead atoms. The summed E-state index contributed by atoms with van der Waals surface area (Å²) in [6.07, 6.45) is 0.879. The number of carbonyl (C=O) groups is 3. The Hall–Kier alpha value is -2.65. The number of carbonyl (C=O) groups excluding carboxylic acids is 2. The van der Waals surface area contributed by atoms with E-state index in [9.17, 15) is 14.4 Å². The van der Waals surface area contributed by atoms with Crippen LogP contribution in [-0.2, 0) is 16.1 Å². The number of carboxylic acids is 1. The second-order valence-corrected chi connectivity index (χ2v) is 3.57. The topological polar surface area (TPSA) is 160 Å². The Morgan fingerprint density at radius 1 is 1.47 bits per heavy atom. The van der Waals surface area contributed by atoms with Crippen LogP contribution in [0.4, 0.5) is 4.79 Å². The van der Waals surface area contributed by atoms with Crippen LogP contribution >= 0.6 is 0 Å². The fourth-order valence-electron chi connectivity index (χ4n) is 1.18. The van der Waals surface area contributed by atoms with E-state index in [1.807, 2.05) is 0 Å². The minimum Gasteiger partial charge on any atom is -0.480 e. The number of aliphatic carboxylic acids is 1. The van der Waals surface area contributed by atoms with Gasteiger partial charge in [-0.25, -0.2) is 9.59 Å². The van der Waals surface area contributed by atoms with E-state index in [1.54, 1.807) is 0 Å². The third-order valence-corrected chi connectivity index (χ3v) is 2.10. The molecule has 0 unspecified atom stereocenters. The highest BCUT2D eigenvalue weighted by atomic mass is 16.5. The summed E-state index contributed by atoms with van der Waals surface area (Å²) >= 11 is 0. The molecule has 1 atom stereocenters. The summed E-state index contributed by atoms with van der Waals surface area (Å²) in [6, 6.07) is -1.92. The quantitative estimate of drug-likeness (QED) is 0.473. The van der Waals surface area contributed by atoms with E-state index < -0.39 is 23.9 Å². The second kappa shape index (κ2) is 6.93. The van der Waals surface area contributed by atoms with Crippen LogP contribution in [0.1, 0.15) is 18.7 Å². The maximum atomic E-state index is 11.4. The number of aromatic nitrogens is 2. The largest absolute Gasteiger partial charge is 0.480 e. The van der Waals surface area contributed by atoms with E-state index in [2.05, 4.69) is 25.3 Å². The van der Waals surface area contributed by atoms with Crippen LogP contribution in [-0.4, -0.2) is 39.2 Å². The van der Waals surface area contributed by atoms with E-state index >= 15 is 0 Å². The fraction of sp³-hybridized carbons (Fsp3) is 0.444. The first kappa shape index (κ1) is 14.4. The van der Waals surface area contributed by atoms with Crippen LogP contribution in [0.3, 0.4) is 0 Å². The van der Waals surface area contributed by atoms with Crippen molar-refractivity contribution in [1.29, 1.82) is 0 Å². The van der Waals surface area contributed by atoms with Crippen LogP contribution in [0, 0.1) is 0 Å². The van der Waals surface area contributed by atoms with E-state index in [0.29, 0.717) is 0 Å². The highest BCUT2D eigenvalue weighted by molar-refractivity contribution is 5.83. The second-order valence-electron chi connectivity index (χ2n) is 3.57. The van der Waals surface area contributed by atoms with Gasteiger partial charge in [-0.3, -0.25) is 4.79 Å². The van der Waals surface area contributed by atoms with Gasteiger partial charge in [0.05, 0.1) is 6.54 Å². The van der Waals surface area contributed by atoms with Gasteiger partial charge in [0.2, 0.25) is 12.3 Å². The highest BCUT2D eigenvalue weighted by Gasteiger charge is 2.20. The number of hydrogen-bond donors (Lipinski definition) is 4. The number of carboxylic acid groups (broad SMARTS) is 1. The Balaban J connectivity index is 2.38. The SMILES string of the molecule is NC(=O)CC[C@H](NC(=O)NCc1ncon1)C(=O)O. The number of amides is 3. The summed E-state index contributed by atoms with van der Waals surface area (Å²) in [5.74, 6) is -1.64. The van der Waals surface area contributed by atoms with Gasteiger partial charge in [-0.1, -0.05) is 5.16 Å². The molecule has 0 fully saturated rings.